The number of carboxylic acid groups (broad SMARTS) is 1. The van der Waals surface area contributed by atoms with Gasteiger partial charge in [0, 0.05) is 54.3 Å². The van der Waals surface area contributed by atoms with Crippen LogP contribution in [0.25, 0.3) is 22.5 Å². The van der Waals surface area contributed by atoms with Crippen LogP contribution >= 0.6 is 0 Å². The number of hydrogen-bond donors (Lipinski definition) is 2. The lowest BCUT2D eigenvalue weighted by atomic mass is 9.96. The molecule has 2 amide bonds. The van der Waals surface area contributed by atoms with Gasteiger partial charge in [-0.25, -0.2) is 24.7 Å². The molecule has 4 aromatic rings. The van der Waals surface area contributed by atoms with Crippen molar-refractivity contribution in [2.45, 2.75) is 96.6 Å². The Morgan fingerprint density at radius 1 is 0.863 bits per heavy atom. The zero-order chi connectivity index (χ0) is 36.4. The average molecular weight is 693 g/mol. The number of rotatable bonds is 15. The molecule has 0 spiro atoms. The van der Waals surface area contributed by atoms with Crippen molar-refractivity contribution in [3.8, 4) is 28.3 Å². The van der Waals surface area contributed by atoms with E-state index in [1.165, 1.54) is 43.0 Å². The lowest BCUT2D eigenvalue weighted by molar-refractivity contribution is -0.148. The number of carboxylic acids is 1. The Balaban J connectivity index is 1.25. The molecule has 268 valence electrons. The van der Waals surface area contributed by atoms with E-state index in [-0.39, 0.29) is 17.4 Å². The maximum atomic E-state index is 13.8. The van der Waals surface area contributed by atoms with Crippen molar-refractivity contribution in [3.63, 3.8) is 0 Å². The number of aromatic nitrogens is 4. The molecular formula is C40H48N6O5. The van der Waals surface area contributed by atoms with Gasteiger partial charge in [-0.2, -0.15) is 0 Å². The fourth-order valence-electron chi connectivity index (χ4n) is 6.05. The van der Waals surface area contributed by atoms with E-state index in [9.17, 15) is 19.5 Å². The van der Waals surface area contributed by atoms with E-state index >= 15 is 0 Å². The van der Waals surface area contributed by atoms with Crippen LogP contribution in [0.1, 0.15) is 94.4 Å². The minimum absolute atomic E-state index is 0.160. The third kappa shape index (κ3) is 9.96. The molecule has 51 heavy (non-hydrogen) atoms. The number of aliphatic carboxylic acids is 1. The van der Waals surface area contributed by atoms with Crippen LogP contribution in [0.3, 0.4) is 0 Å². The number of nitrogens with one attached hydrogen (secondary N) is 1. The SMILES string of the molecule is CCCCCCCOc1ccc(-c2cnc(-c3ccc(C[C@H](NC(=O)c4cnc(C(C)(C)C)nc4)C(=O)N4CCC[C@H]4C(=O)O)cc3)nc2)cc1. The summed E-state index contributed by atoms with van der Waals surface area (Å²) >= 11 is 0. The molecule has 1 fully saturated rings. The second kappa shape index (κ2) is 17.2. The summed E-state index contributed by atoms with van der Waals surface area (Å²) in [6.45, 7) is 9.18. The number of ether oxygens (including phenoxy) is 1. The van der Waals surface area contributed by atoms with Crippen molar-refractivity contribution in [2.75, 3.05) is 13.2 Å². The van der Waals surface area contributed by atoms with Crippen LogP contribution in [0.15, 0.2) is 73.3 Å². The third-order valence-electron chi connectivity index (χ3n) is 9.02. The fourth-order valence-corrected chi connectivity index (χ4v) is 6.05. The van der Waals surface area contributed by atoms with Gasteiger partial charge in [0.15, 0.2) is 5.82 Å². The zero-order valence-electron chi connectivity index (χ0n) is 30.0. The van der Waals surface area contributed by atoms with Gasteiger partial charge in [-0.1, -0.05) is 89.8 Å². The van der Waals surface area contributed by atoms with E-state index in [1.807, 2.05) is 69.3 Å². The summed E-state index contributed by atoms with van der Waals surface area (Å²) in [5, 5.41) is 12.6. The van der Waals surface area contributed by atoms with Crippen molar-refractivity contribution in [3.05, 3.63) is 90.3 Å². The number of benzene rings is 2. The molecule has 0 saturated carbocycles. The molecule has 1 aliphatic heterocycles. The molecule has 11 heteroatoms. The van der Waals surface area contributed by atoms with Gasteiger partial charge in [0.05, 0.1) is 12.2 Å². The summed E-state index contributed by atoms with van der Waals surface area (Å²) in [5.41, 5.74) is 3.38. The number of unbranched alkanes of at least 4 members (excludes halogenated alkanes) is 4. The number of carbonyl (C=O) groups excluding carboxylic acids is 2. The molecule has 2 aromatic carbocycles. The molecule has 1 saturated heterocycles. The van der Waals surface area contributed by atoms with Crippen LogP contribution in [0, 0.1) is 0 Å². The quantitative estimate of drug-likeness (QED) is 0.131. The first-order chi connectivity index (χ1) is 24.5. The second-order valence-electron chi connectivity index (χ2n) is 14.1. The molecule has 2 atom stereocenters. The third-order valence-corrected chi connectivity index (χ3v) is 9.02. The van der Waals surface area contributed by atoms with Gasteiger partial charge in [0.1, 0.15) is 23.7 Å². The minimum Gasteiger partial charge on any atom is -0.494 e. The van der Waals surface area contributed by atoms with E-state index in [1.54, 1.807) is 12.4 Å². The van der Waals surface area contributed by atoms with Crippen molar-refractivity contribution >= 4 is 17.8 Å². The molecule has 0 aliphatic carbocycles. The van der Waals surface area contributed by atoms with Gasteiger partial charge in [-0.3, -0.25) is 9.59 Å². The van der Waals surface area contributed by atoms with Crippen molar-refractivity contribution in [1.82, 2.24) is 30.2 Å². The monoisotopic (exact) mass is 692 g/mol. The van der Waals surface area contributed by atoms with Crippen LogP contribution in [0.4, 0.5) is 0 Å². The molecule has 0 radical (unpaired) electrons. The molecule has 2 aromatic heterocycles. The Bertz CT molecular complexity index is 1750. The summed E-state index contributed by atoms with van der Waals surface area (Å²) in [6, 6.07) is 13.5. The highest BCUT2D eigenvalue weighted by Crippen LogP contribution is 2.25. The molecule has 1 aliphatic rings. The normalized spacial score (nSPS) is 15.0. The summed E-state index contributed by atoms with van der Waals surface area (Å²) < 4.78 is 5.89. The predicted octanol–water partition coefficient (Wildman–Crippen LogP) is 6.66. The second-order valence-corrected chi connectivity index (χ2v) is 14.1. The lowest BCUT2D eigenvalue weighted by Crippen LogP contribution is -2.52. The number of likely N-dealkylation sites (tertiary alicyclic amines) is 1. The van der Waals surface area contributed by atoms with Gasteiger partial charge in [-0.15, -0.1) is 0 Å². The van der Waals surface area contributed by atoms with Gasteiger partial charge in [0.2, 0.25) is 5.91 Å². The average Bonchev–Trinajstić information content (AvgIpc) is 3.64. The number of carbonyl (C=O) groups is 3. The van der Waals surface area contributed by atoms with Crippen LogP contribution in [-0.4, -0.2) is 73.0 Å². The summed E-state index contributed by atoms with van der Waals surface area (Å²) in [7, 11) is 0. The minimum atomic E-state index is -1.05. The standard InChI is InChI=1S/C40H48N6O5/c1-5-6-7-8-9-21-51-32-18-16-28(17-19-32)30-23-41-35(42-24-30)29-14-12-27(13-15-29)22-33(37(48)46-20-10-11-34(46)38(49)50)45-36(47)31-25-43-39(44-26-31)40(2,3)4/h12-19,23-26,33-34H,5-11,20-22H2,1-4H3,(H,45,47)(H,49,50)/t33-,34-/m0/s1. The zero-order valence-corrected chi connectivity index (χ0v) is 30.0. The molecule has 0 unspecified atom stereocenters. The highest BCUT2D eigenvalue weighted by molar-refractivity contribution is 5.98. The van der Waals surface area contributed by atoms with Crippen molar-refractivity contribution in [1.29, 1.82) is 0 Å². The van der Waals surface area contributed by atoms with E-state index < -0.39 is 29.9 Å². The Hall–Kier alpha value is -5.19. The van der Waals surface area contributed by atoms with Gasteiger partial charge >= 0.3 is 5.97 Å². The fraction of sp³-hybridized carbons (Fsp3) is 0.425. The summed E-state index contributed by atoms with van der Waals surface area (Å²) in [5.74, 6) is -0.0114. The number of hydrogen-bond acceptors (Lipinski definition) is 8. The summed E-state index contributed by atoms with van der Waals surface area (Å²) in [4.78, 5) is 58.2. The smallest absolute Gasteiger partial charge is 0.326 e. The Morgan fingerprint density at radius 2 is 1.51 bits per heavy atom. The van der Waals surface area contributed by atoms with Crippen LogP contribution in [-0.2, 0) is 21.4 Å². The molecule has 11 nitrogen and oxygen atoms in total. The number of amides is 2. The van der Waals surface area contributed by atoms with Crippen molar-refractivity contribution < 1.29 is 24.2 Å². The van der Waals surface area contributed by atoms with Gasteiger partial charge in [0.25, 0.3) is 5.91 Å². The maximum absolute atomic E-state index is 13.8. The van der Waals surface area contributed by atoms with E-state index in [0.717, 1.165) is 41.0 Å². The highest BCUT2D eigenvalue weighted by atomic mass is 16.5. The van der Waals surface area contributed by atoms with Crippen LogP contribution < -0.4 is 10.1 Å². The molecular weight excluding hydrogens is 644 g/mol. The summed E-state index contributed by atoms with van der Waals surface area (Å²) in [6.07, 6.45) is 13.6. The highest BCUT2D eigenvalue weighted by Gasteiger charge is 2.38. The first-order valence-corrected chi connectivity index (χ1v) is 17.8. The van der Waals surface area contributed by atoms with Gasteiger partial charge in [-0.05, 0) is 42.5 Å². The van der Waals surface area contributed by atoms with Gasteiger partial charge < -0.3 is 20.1 Å². The van der Waals surface area contributed by atoms with Crippen molar-refractivity contribution in [2.24, 2.45) is 0 Å². The largest absolute Gasteiger partial charge is 0.494 e. The van der Waals surface area contributed by atoms with Crippen LogP contribution in [0.2, 0.25) is 0 Å². The first-order valence-electron chi connectivity index (χ1n) is 17.8. The maximum Gasteiger partial charge on any atom is 0.326 e. The van der Waals surface area contributed by atoms with E-state index in [4.69, 9.17) is 4.74 Å². The predicted molar refractivity (Wildman–Crippen MR) is 195 cm³/mol. The molecule has 0 bridgehead atoms. The molecule has 5 rings (SSSR count). The first kappa shape index (κ1) is 37.1. The van der Waals surface area contributed by atoms with E-state index in [0.29, 0.717) is 31.0 Å². The van der Waals surface area contributed by atoms with Crippen LogP contribution in [0.5, 0.6) is 5.75 Å². The topological polar surface area (TPSA) is 148 Å². The Kier molecular flexibility index (Phi) is 12.5. The molecule has 2 N–H and O–H groups in total. The Labute approximate surface area is 299 Å². The van der Waals surface area contributed by atoms with E-state index in [2.05, 4.69) is 32.2 Å². The Morgan fingerprint density at radius 3 is 2.14 bits per heavy atom. The number of nitrogens with zero attached hydrogens (tertiary/aromatic N) is 5. The molecule has 3 heterocycles. The lowest BCUT2D eigenvalue weighted by Gasteiger charge is -2.27.